The third kappa shape index (κ3) is 2.52. The van der Waals surface area contributed by atoms with Crippen molar-refractivity contribution in [1.29, 1.82) is 0 Å². The van der Waals surface area contributed by atoms with Gasteiger partial charge in [-0.3, -0.25) is 14.4 Å². The number of fused-ring (bicyclic) bond motifs is 3. The van der Waals surface area contributed by atoms with E-state index in [1.807, 2.05) is 24.3 Å². The number of benzene rings is 1. The molecule has 0 aromatic heterocycles. The van der Waals surface area contributed by atoms with E-state index < -0.39 is 24.3 Å². The summed E-state index contributed by atoms with van der Waals surface area (Å²) in [5.74, 6) is -1.23. The Balaban J connectivity index is 1.66. The number of hydroxylamine groups is 2. The molecule has 3 unspecified atom stereocenters. The predicted octanol–water partition coefficient (Wildman–Crippen LogP) is 2.00. The molecule has 8 heteroatoms. The van der Waals surface area contributed by atoms with Crippen molar-refractivity contribution in [2.24, 2.45) is 5.92 Å². The molecule has 3 atom stereocenters. The van der Waals surface area contributed by atoms with E-state index in [4.69, 9.17) is 9.57 Å². The van der Waals surface area contributed by atoms with E-state index in [-0.39, 0.29) is 17.4 Å². The van der Waals surface area contributed by atoms with Crippen LogP contribution in [0.3, 0.4) is 0 Å². The Labute approximate surface area is 155 Å². The van der Waals surface area contributed by atoms with Crippen LogP contribution < -0.4 is 0 Å². The van der Waals surface area contributed by atoms with Crippen molar-refractivity contribution in [2.75, 3.05) is 7.11 Å². The molecule has 1 aromatic carbocycles. The SMILES string of the molecule is CON1C(=O)C(C)=CC1OC=C1C(=O)N(C(=O)O)C2c3ccccc3CC12. The summed E-state index contributed by atoms with van der Waals surface area (Å²) in [7, 11) is 1.35. The van der Waals surface area contributed by atoms with Gasteiger partial charge in [-0.2, -0.15) is 5.06 Å². The molecule has 0 saturated carbocycles. The van der Waals surface area contributed by atoms with Crippen molar-refractivity contribution in [1.82, 2.24) is 9.96 Å². The number of imide groups is 1. The van der Waals surface area contributed by atoms with Gasteiger partial charge in [-0.1, -0.05) is 24.3 Å². The minimum atomic E-state index is -1.29. The van der Waals surface area contributed by atoms with Crippen LogP contribution in [0.1, 0.15) is 24.1 Å². The van der Waals surface area contributed by atoms with Gasteiger partial charge in [0.15, 0.2) is 0 Å². The number of rotatable bonds is 3. The number of ether oxygens (including phenoxy) is 1. The molecule has 4 rings (SSSR count). The van der Waals surface area contributed by atoms with E-state index in [0.29, 0.717) is 12.0 Å². The van der Waals surface area contributed by atoms with E-state index in [2.05, 4.69) is 0 Å². The highest BCUT2D eigenvalue weighted by Gasteiger charge is 2.52. The predicted molar refractivity (Wildman–Crippen MR) is 91.8 cm³/mol. The Bertz CT molecular complexity index is 905. The summed E-state index contributed by atoms with van der Waals surface area (Å²) in [6.07, 6.45) is 1.31. The van der Waals surface area contributed by atoms with Crippen LogP contribution in [0.25, 0.3) is 0 Å². The van der Waals surface area contributed by atoms with Crippen LogP contribution in [0.2, 0.25) is 0 Å². The van der Waals surface area contributed by atoms with Crippen LogP contribution in [-0.4, -0.2) is 46.3 Å². The van der Waals surface area contributed by atoms with Crippen molar-refractivity contribution in [3.63, 3.8) is 0 Å². The smallest absolute Gasteiger partial charge is 0.414 e. The van der Waals surface area contributed by atoms with Crippen LogP contribution in [0.4, 0.5) is 4.79 Å². The molecule has 3 amide bonds. The summed E-state index contributed by atoms with van der Waals surface area (Å²) in [5, 5.41) is 10.6. The molecule has 3 aliphatic rings. The fourth-order valence-corrected chi connectivity index (χ4v) is 4.01. The van der Waals surface area contributed by atoms with E-state index in [9.17, 15) is 19.5 Å². The van der Waals surface area contributed by atoms with E-state index >= 15 is 0 Å². The third-order valence-electron chi connectivity index (χ3n) is 5.24. The zero-order valence-corrected chi connectivity index (χ0v) is 14.8. The van der Waals surface area contributed by atoms with Crippen LogP contribution in [0, 0.1) is 5.92 Å². The molecule has 2 heterocycles. The maximum Gasteiger partial charge on any atom is 0.414 e. The topological polar surface area (TPSA) is 96.4 Å². The zero-order valence-electron chi connectivity index (χ0n) is 14.8. The first kappa shape index (κ1) is 17.3. The lowest BCUT2D eigenvalue weighted by molar-refractivity contribution is -0.201. The second-order valence-corrected chi connectivity index (χ2v) is 6.68. The monoisotopic (exact) mass is 370 g/mol. The van der Waals surface area contributed by atoms with Gasteiger partial charge in [0.05, 0.1) is 25.0 Å². The molecule has 8 nitrogen and oxygen atoms in total. The molecular formula is C19H18N2O6. The fraction of sp³-hybridized carbons (Fsp3) is 0.316. The molecule has 0 spiro atoms. The number of carbonyl (C=O) groups excluding carboxylic acids is 2. The fourth-order valence-electron chi connectivity index (χ4n) is 4.01. The summed E-state index contributed by atoms with van der Waals surface area (Å²) in [4.78, 5) is 42.3. The molecule has 0 bridgehead atoms. The average molecular weight is 370 g/mol. The second-order valence-electron chi connectivity index (χ2n) is 6.68. The van der Waals surface area contributed by atoms with E-state index in [0.717, 1.165) is 21.1 Å². The van der Waals surface area contributed by atoms with E-state index in [1.54, 1.807) is 13.0 Å². The van der Waals surface area contributed by atoms with Gasteiger partial charge >= 0.3 is 6.09 Å². The Morgan fingerprint density at radius 1 is 1.26 bits per heavy atom. The first-order chi connectivity index (χ1) is 12.9. The molecule has 1 fully saturated rings. The second kappa shape index (κ2) is 6.24. The van der Waals surface area contributed by atoms with Crippen LogP contribution >= 0.6 is 0 Å². The van der Waals surface area contributed by atoms with Crippen LogP contribution in [0.5, 0.6) is 0 Å². The van der Waals surface area contributed by atoms with Crippen molar-refractivity contribution in [3.05, 3.63) is 58.9 Å². The minimum absolute atomic E-state index is 0.278. The lowest BCUT2D eigenvalue weighted by Gasteiger charge is -2.21. The quantitative estimate of drug-likeness (QED) is 0.646. The number of nitrogens with zero attached hydrogens (tertiary/aromatic N) is 2. The molecule has 140 valence electrons. The van der Waals surface area contributed by atoms with Gasteiger partial charge in [0, 0.05) is 11.5 Å². The summed E-state index contributed by atoms with van der Waals surface area (Å²) in [6, 6.07) is 6.95. The Kier molecular flexibility index (Phi) is 4.00. The average Bonchev–Trinajstić information content (AvgIpc) is 3.22. The first-order valence-electron chi connectivity index (χ1n) is 8.50. The Morgan fingerprint density at radius 2 is 2.00 bits per heavy atom. The van der Waals surface area contributed by atoms with Crippen molar-refractivity contribution in [2.45, 2.75) is 25.6 Å². The molecule has 27 heavy (non-hydrogen) atoms. The highest BCUT2D eigenvalue weighted by Crippen LogP contribution is 2.49. The molecule has 1 aromatic rings. The van der Waals surface area contributed by atoms with Gasteiger partial charge < -0.3 is 9.84 Å². The molecular weight excluding hydrogens is 352 g/mol. The summed E-state index contributed by atoms with van der Waals surface area (Å²) < 4.78 is 5.64. The standard InChI is InChI=1S/C19H18N2O6/c1-10-7-15(21(26-2)17(10)22)27-9-14-13-8-11-5-3-4-6-12(11)16(13)20(18(14)23)19(24)25/h3-7,9,13,15-16H,8H2,1-2H3,(H,24,25). The molecule has 1 saturated heterocycles. The lowest BCUT2D eigenvalue weighted by atomic mass is 9.97. The first-order valence-corrected chi connectivity index (χ1v) is 8.50. The summed E-state index contributed by atoms with van der Waals surface area (Å²) in [6.45, 7) is 1.64. The number of likely N-dealkylation sites (tertiary alicyclic amines) is 1. The summed E-state index contributed by atoms with van der Waals surface area (Å²) >= 11 is 0. The minimum Gasteiger partial charge on any atom is -0.472 e. The van der Waals surface area contributed by atoms with Crippen molar-refractivity contribution < 1.29 is 29.1 Å². The maximum absolute atomic E-state index is 12.7. The number of carbonyl (C=O) groups is 3. The number of carboxylic acid groups (broad SMARTS) is 1. The number of hydrogen-bond donors (Lipinski definition) is 1. The largest absolute Gasteiger partial charge is 0.472 e. The highest BCUT2D eigenvalue weighted by molar-refractivity contribution is 6.05. The van der Waals surface area contributed by atoms with Crippen molar-refractivity contribution in [3.8, 4) is 0 Å². The van der Waals surface area contributed by atoms with Crippen LogP contribution in [0.15, 0.2) is 47.7 Å². The van der Waals surface area contributed by atoms with Crippen LogP contribution in [-0.2, 0) is 25.6 Å². The normalized spacial score (nSPS) is 27.9. The van der Waals surface area contributed by atoms with Gasteiger partial charge in [0.1, 0.15) is 0 Å². The lowest BCUT2D eigenvalue weighted by Crippen LogP contribution is -2.34. The van der Waals surface area contributed by atoms with Crippen molar-refractivity contribution >= 4 is 17.9 Å². The maximum atomic E-state index is 12.7. The van der Waals surface area contributed by atoms with Gasteiger partial charge in [-0.15, -0.1) is 0 Å². The van der Waals surface area contributed by atoms with Gasteiger partial charge in [-0.25, -0.2) is 9.69 Å². The Hall–Kier alpha value is -3.13. The van der Waals surface area contributed by atoms with Gasteiger partial charge in [0.2, 0.25) is 6.23 Å². The molecule has 0 radical (unpaired) electrons. The third-order valence-corrected chi connectivity index (χ3v) is 5.24. The Morgan fingerprint density at radius 3 is 2.70 bits per heavy atom. The highest BCUT2D eigenvalue weighted by atomic mass is 16.7. The molecule has 2 aliphatic heterocycles. The molecule has 1 aliphatic carbocycles. The number of amides is 3. The van der Waals surface area contributed by atoms with Gasteiger partial charge in [0.25, 0.3) is 11.8 Å². The van der Waals surface area contributed by atoms with Gasteiger partial charge in [-0.05, 0) is 30.5 Å². The number of hydrogen-bond acceptors (Lipinski definition) is 5. The zero-order chi connectivity index (χ0) is 19.3. The summed E-state index contributed by atoms with van der Waals surface area (Å²) in [5.41, 5.74) is 2.60. The molecule has 1 N–H and O–H groups in total. The van der Waals surface area contributed by atoms with E-state index in [1.165, 1.54) is 13.4 Å².